The monoisotopic (exact) mass is 251 g/mol. The number of rotatable bonds is 2. The number of carbonyl (C=O) groups is 1. The Balaban J connectivity index is 2.53. The Bertz CT molecular complexity index is 592. The Labute approximate surface area is 101 Å². The van der Waals surface area contributed by atoms with Crippen molar-refractivity contribution in [2.75, 3.05) is 5.73 Å². The second-order valence-corrected chi connectivity index (χ2v) is 4.71. The first-order valence-corrected chi connectivity index (χ1v) is 5.70. The number of halogens is 1. The van der Waals surface area contributed by atoms with Crippen LogP contribution in [-0.2, 0) is 0 Å². The van der Waals surface area contributed by atoms with Crippen LogP contribution in [0.5, 0.6) is 0 Å². The average molecular weight is 251 g/mol. The Morgan fingerprint density at radius 3 is 2.65 bits per heavy atom. The lowest BCUT2D eigenvalue weighted by molar-refractivity contribution is 0.0703. The van der Waals surface area contributed by atoms with E-state index in [2.05, 4.69) is 0 Å². The molecule has 3 N–H and O–H groups in total. The van der Waals surface area contributed by atoms with Gasteiger partial charge in [-0.15, -0.1) is 11.3 Å². The average Bonchev–Trinajstić information content (AvgIpc) is 2.60. The number of hydrogen-bond donors (Lipinski definition) is 2. The largest absolute Gasteiger partial charge is 0.477 e. The van der Waals surface area contributed by atoms with Gasteiger partial charge in [0, 0.05) is 4.88 Å². The van der Waals surface area contributed by atoms with Crippen LogP contribution in [0.25, 0.3) is 10.4 Å². The Morgan fingerprint density at radius 2 is 2.12 bits per heavy atom. The topological polar surface area (TPSA) is 63.3 Å². The van der Waals surface area contributed by atoms with Crippen LogP contribution in [0.1, 0.15) is 15.2 Å². The van der Waals surface area contributed by atoms with Gasteiger partial charge >= 0.3 is 5.97 Å². The van der Waals surface area contributed by atoms with Crippen LogP contribution < -0.4 is 5.73 Å². The molecule has 2 aromatic rings. The van der Waals surface area contributed by atoms with Crippen LogP contribution in [0.2, 0.25) is 0 Å². The standard InChI is InChI=1S/C12H10FNO2S/c1-6-4-7(13)2-3-8(6)10-5-9(14)11(17-10)12(15)16/h2-5H,14H2,1H3,(H,15,16). The van der Waals surface area contributed by atoms with Crippen LogP contribution >= 0.6 is 11.3 Å². The first-order chi connectivity index (χ1) is 7.99. The van der Waals surface area contributed by atoms with Crippen LogP contribution in [0.3, 0.4) is 0 Å². The number of carboxylic acids is 1. The van der Waals surface area contributed by atoms with E-state index in [0.717, 1.165) is 27.3 Å². The predicted octanol–water partition coefficient (Wildman–Crippen LogP) is 3.14. The van der Waals surface area contributed by atoms with Crippen molar-refractivity contribution in [2.45, 2.75) is 6.92 Å². The van der Waals surface area contributed by atoms with Crippen molar-refractivity contribution in [3.8, 4) is 10.4 Å². The van der Waals surface area contributed by atoms with Gasteiger partial charge in [0.25, 0.3) is 0 Å². The molecule has 0 aliphatic carbocycles. The van der Waals surface area contributed by atoms with Gasteiger partial charge in [-0.25, -0.2) is 9.18 Å². The van der Waals surface area contributed by atoms with Gasteiger partial charge in [-0.2, -0.15) is 0 Å². The molecule has 0 unspecified atom stereocenters. The minimum absolute atomic E-state index is 0.115. The van der Waals surface area contributed by atoms with Crippen molar-refractivity contribution in [2.24, 2.45) is 0 Å². The zero-order valence-electron chi connectivity index (χ0n) is 9.03. The lowest BCUT2D eigenvalue weighted by atomic mass is 10.1. The molecular formula is C12H10FNO2S. The molecule has 5 heteroatoms. The predicted molar refractivity (Wildman–Crippen MR) is 65.8 cm³/mol. The van der Waals surface area contributed by atoms with E-state index in [1.165, 1.54) is 12.1 Å². The summed E-state index contributed by atoms with van der Waals surface area (Å²) < 4.78 is 13.0. The zero-order chi connectivity index (χ0) is 12.6. The van der Waals surface area contributed by atoms with Gasteiger partial charge in [0.2, 0.25) is 0 Å². The Morgan fingerprint density at radius 1 is 1.41 bits per heavy atom. The molecule has 0 amide bonds. The molecule has 0 aliphatic heterocycles. The molecule has 88 valence electrons. The van der Waals surface area contributed by atoms with Crippen LogP contribution in [0, 0.1) is 12.7 Å². The molecule has 0 spiro atoms. The second-order valence-electron chi connectivity index (χ2n) is 3.66. The van der Waals surface area contributed by atoms with Crippen LogP contribution in [0.15, 0.2) is 24.3 Å². The molecule has 0 bridgehead atoms. The smallest absolute Gasteiger partial charge is 0.348 e. The molecule has 0 saturated heterocycles. The Kier molecular flexibility index (Phi) is 2.85. The number of aromatic carboxylic acids is 1. The molecule has 0 atom stereocenters. The summed E-state index contributed by atoms with van der Waals surface area (Å²) in [6.45, 7) is 1.77. The quantitative estimate of drug-likeness (QED) is 0.861. The third-order valence-electron chi connectivity index (χ3n) is 2.41. The molecule has 0 radical (unpaired) electrons. The number of thiophene rings is 1. The van der Waals surface area contributed by atoms with Gasteiger partial charge in [0.1, 0.15) is 10.7 Å². The maximum Gasteiger partial charge on any atom is 0.348 e. The zero-order valence-corrected chi connectivity index (χ0v) is 9.84. The normalized spacial score (nSPS) is 10.5. The number of hydrogen-bond acceptors (Lipinski definition) is 3. The summed E-state index contributed by atoms with van der Waals surface area (Å²) in [4.78, 5) is 11.7. The SMILES string of the molecule is Cc1cc(F)ccc1-c1cc(N)c(C(=O)O)s1. The van der Waals surface area contributed by atoms with Gasteiger partial charge in [-0.1, -0.05) is 6.07 Å². The fraction of sp³-hybridized carbons (Fsp3) is 0.0833. The van der Waals surface area contributed by atoms with Gasteiger partial charge in [0.15, 0.2) is 0 Å². The lowest BCUT2D eigenvalue weighted by Gasteiger charge is -2.02. The highest BCUT2D eigenvalue weighted by Crippen LogP contribution is 2.35. The molecular weight excluding hydrogens is 241 g/mol. The third kappa shape index (κ3) is 2.14. The van der Waals surface area contributed by atoms with E-state index in [-0.39, 0.29) is 16.4 Å². The number of nitrogens with two attached hydrogens (primary N) is 1. The Hall–Kier alpha value is -1.88. The number of benzene rings is 1. The van der Waals surface area contributed by atoms with Gasteiger partial charge in [-0.3, -0.25) is 0 Å². The summed E-state index contributed by atoms with van der Waals surface area (Å²) in [5.41, 5.74) is 7.41. The minimum atomic E-state index is -1.04. The fourth-order valence-electron chi connectivity index (χ4n) is 1.61. The first-order valence-electron chi connectivity index (χ1n) is 4.88. The van der Waals surface area contributed by atoms with E-state index in [1.807, 2.05) is 0 Å². The van der Waals surface area contributed by atoms with E-state index in [9.17, 15) is 9.18 Å². The van der Waals surface area contributed by atoms with Gasteiger partial charge < -0.3 is 10.8 Å². The van der Waals surface area contributed by atoms with Crippen molar-refractivity contribution < 1.29 is 14.3 Å². The maximum absolute atomic E-state index is 13.0. The summed E-state index contributed by atoms with van der Waals surface area (Å²) in [7, 11) is 0. The van der Waals surface area contributed by atoms with E-state index < -0.39 is 5.97 Å². The van der Waals surface area contributed by atoms with Crippen molar-refractivity contribution in [3.05, 3.63) is 40.5 Å². The fourth-order valence-corrected chi connectivity index (χ4v) is 2.62. The molecule has 1 aromatic carbocycles. The molecule has 0 fully saturated rings. The molecule has 0 saturated carbocycles. The number of aryl methyl sites for hydroxylation is 1. The lowest BCUT2D eigenvalue weighted by Crippen LogP contribution is -1.96. The van der Waals surface area contributed by atoms with Crippen molar-refractivity contribution in [3.63, 3.8) is 0 Å². The maximum atomic E-state index is 13.0. The molecule has 3 nitrogen and oxygen atoms in total. The van der Waals surface area contributed by atoms with E-state index in [4.69, 9.17) is 10.8 Å². The summed E-state index contributed by atoms with van der Waals surface area (Å²) in [5.74, 6) is -1.35. The molecule has 17 heavy (non-hydrogen) atoms. The van der Waals surface area contributed by atoms with Crippen LogP contribution in [0.4, 0.5) is 10.1 Å². The van der Waals surface area contributed by atoms with Crippen LogP contribution in [-0.4, -0.2) is 11.1 Å². The highest BCUT2D eigenvalue weighted by atomic mass is 32.1. The van der Waals surface area contributed by atoms with Crippen molar-refractivity contribution >= 4 is 23.0 Å². The number of carboxylic acid groups (broad SMARTS) is 1. The molecule has 2 rings (SSSR count). The number of nitrogen functional groups attached to an aromatic ring is 1. The summed E-state index contributed by atoms with van der Waals surface area (Å²) in [6.07, 6.45) is 0. The first kappa shape index (κ1) is 11.6. The number of anilines is 1. The molecule has 1 aromatic heterocycles. The molecule has 1 heterocycles. The van der Waals surface area contributed by atoms with E-state index in [1.54, 1.807) is 19.1 Å². The van der Waals surface area contributed by atoms with Gasteiger partial charge in [0.05, 0.1) is 5.69 Å². The summed E-state index contributed by atoms with van der Waals surface area (Å²) >= 11 is 1.09. The third-order valence-corrected chi connectivity index (χ3v) is 3.58. The van der Waals surface area contributed by atoms with Crippen molar-refractivity contribution in [1.29, 1.82) is 0 Å². The van der Waals surface area contributed by atoms with Crippen molar-refractivity contribution in [1.82, 2.24) is 0 Å². The summed E-state index contributed by atoms with van der Waals surface area (Å²) in [6, 6.07) is 5.99. The highest BCUT2D eigenvalue weighted by molar-refractivity contribution is 7.18. The van der Waals surface area contributed by atoms with E-state index >= 15 is 0 Å². The van der Waals surface area contributed by atoms with Gasteiger partial charge in [-0.05, 0) is 36.2 Å². The van der Waals surface area contributed by atoms with E-state index in [0.29, 0.717) is 0 Å². The highest BCUT2D eigenvalue weighted by Gasteiger charge is 2.15. The second kappa shape index (κ2) is 4.18. The minimum Gasteiger partial charge on any atom is -0.477 e. The summed E-state index contributed by atoms with van der Waals surface area (Å²) in [5, 5.41) is 8.91. The molecule has 0 aliphatic rings.